The fraction of sp³-hybridized carbons (Fsp3) is 0.417. The SMILES string of the molecule is Cn1cnc(S(=O)(=O)NC2CCCc3occc32)c1. The Balaban J connectivity index is 1.87. The third kappa shape index (κ3) is 2.31. The highest BCUT2D eigenvalue weighted by Gasteiger charge is 2.28. The first-order valence-electron chi connectivity index (χ1n) is 6.13. The van der Waals surface area contributed by atoms with Crippen LogP contribution in [0.5, 0.6) is 0 Å². The van der Waals surface area contributed by atoms with E-state index in [-0.39, 0.29) is 11.1 Å². The Kier molecular flexibility index (Phi) is 2.94. The van der Waals surface area contributed by atoms with Gasteiger partial charge in [0.2, 0.25) is 0 Å². The fourth-order valence-electron chi connectivity index (χ4n) is 2.38. The summed E-state index contributed by atoms with van der Waals surface area (Å²) >= 11 is 0. The van der Waals surface area contributed by atoms with Crippen LogP contribution in [0, 0.1) is 0 Å². The molecule has 0 amide bonds. The van der Waals surface area contributed by atoms with E-state index >= 15 is 0 Å². The number of sulfonamides is 1. The lowest BCUT2D eigenvalue weighted by molar-refractivity contribution is 0.438. The van der Waals surface area contributed by atoms with E-state index in [9.17, 15) is 8.42 Å². The maximum Gasteiger partial charge on any atom is 0.260 e. The molecule has 1 aliphatic rings. The number of nitrogens with one attached hydrogen (secondary N) is 1. The molecule has 1 atom stereocenters. The Bertz CT molecular complexity index is 687. The van der Waals surface area contributed by atoms with Gasteiger partial charge in [-0.15, -0.1) is 0 Å². The van der Waals surface area contributed by atoms with Crippen molar-refractivity contribution in [2.75, 3.05) is 0 Å². The van der Waals surface area contributed by atoms with Crippen molar-refractivity contribution in [2.45, 2.75) is 30.3 Å². The van der Waals surface area contributed by atoms with Crippen molar-refractivity contribution >= 4 is 10.0 Å². The van der Waals surface area contributed by atoms with Gasteiger partial charge < -0.3 is 8.98 Å². The van der Waals surface area contributed by atoms with Gasteiger partial charge in [-0.2, -0.15) is 0 Å². The molecule has 19 heavy (non-hydrogen) atoms. The average Bonchev–Trinajstić information content (AvgIpc) is 2.97. The molecule has 0 aromatic carbocycles. The number of fused-ring (bicyclic) bond motifs is 1. The zero-order valence-corrected chi connectivity index (χ0v) is 11.4. The highest BCUT2D eigenvalue weighted by atomic mass is 32.2. The van der Waals surface area contributed by atoms with Gasteiger partial charge in [-0.25, -0.2) is 18.1 Å². The van der Waals surface area contributed by atoms with Gasteiger partial charge in [-0.05, 0) is 18.9 Å². The monoisotopic (exact) mass is 281 g/mol. The molecule has 1 aliphatic carbocycles. The van der Waals surface area contributed by atoms with Crippen molar-refractivity contribution in [2.24, 2.45) is 7.05 Å². The highest BCUT2D eigenvalue weighted by Crippen LogP contribution is 2.31. The van der Waals surface area contributed by atoms with Crippen LogP contribution in [0.4, 0.5) is 0 Å². The van der Waals surface area contributed by atoms with Gasteiger partial charge in [-0.1, -0.05) is 0 Å². The predicted octanol–water partition coefficient (Wildman–Crippen LogP) is 1.37. The molecule has 0 fully saturated rings. The molecular weight excluding hydrogens is 266 g/mol. The van der Waals surface area contributed by atoms with Gasteiger partial charge in [0.25, 0.3) is 10.0 Å². The summed E-state index contributed by atoms with van der Waals surface area (Å²) < 4.78 is 34.1. The van der Waals surface area contributed by atoms with Crippen molar-refractivity contribution in [1.82, 2.24) is 14.3 Å². The van der Waals surface area contributed by atoms with Crippen molar-refractivity contribution in [3.05, 3.63) is 36.2 Å². The van der Waals surface area contributed by atoms with Gasteiger partial charge in [0.05, 0.1) is 18.6 Å². The van der Waals surface area contributed by atoms with Crippen LogP contribution in [-0.4, -0.2) is 18.0 Å². The van der Waals surface area contributed by atoms with Crippen LogP contribution in [0.25, 0.3) is 0 Å². The molecule has 0 saturated heterocycles. The standard InChI is InChI=1S/C12H15N3O3S/c1-15-7-12(13-8-15)19(16,17)14-10-3-2-4-11-9(10)5-6-18-11/h5-8,10,14H,2-4H2,1H3. The van der Waals surface area contributed by atoms with Gasteiger partial charge in [-0.3, -0.25) is 0 Å². The molecule has 0 radical (unpaired) electrons. The van der Waals surface area contributed by atoms with Crippen molar-refractivity contribution < 1.29 is 12.8 Å². The van der Waals surface area contributed by atoms with E-state index < -0.39 is 10.0 Å². The first kappa shape index (κ1) is 12.4. The number of hydrogen-bond donors (Lipinski definition) is 1. The lowest BCUT2D eigenvalue weighted by atomic mass is 9.94. The zero-order chi connectivity index (χ0) is 13.5. The Morgan fingerprint density at radius 2 is 2.37 bits per heavy atom. The Labute approximate surface area is 111 Å². The second kappa shape index (κ2) is 4.50. The summed E-state index contributed by atoms with van der Waals surface area (Å²) in [6.45, 7) is 0. The summed E-state index contributed by atoms with van der Waals surface area (Å²) in [4.78, 5) is 3.89. The van der Waals surface area contributed by atoms with Crippen LogP contribution in [0.3, 0.4) is 0 Å². The quantitative estimate of drug-likeness (QED) is 0.921. The summed E-state index contributed by atoms with van der Waals surface area (Å²) in [5.41, 5.74) is 0.936. The zero-order valence-electron chi connectivity index (χ0n) is 10.5. The minimum Gasteiger partial charge on any atom is -0.469 e. The van der Waals surface area contributed by atoms with Gasteiger partial charge >= 0.3 is 0 Å². The van der Waals surface area contributed by atoms with Gasteiger partial charge in [0, 0.05) is 25.2 Å². The van der Waals surface area contributed by atoms with Crippen LogP contribution < -0.4 is 4.72 Å². The van der Waals surface area contributed by atoms with Crippen LogP contribution >= 0.6 is 0 Å². The molecule has 0 spiro atoms. The Hall–Kier alpha value is -1.60. The number of furan rings is 1. The number of imidazole rings is 1. The molecule has 0 aliphatic heterocycles. The van der Waals surface area contributed by atoms with E-state index in [1.807, 2.05) is 6.07 Å². The maximum absolute atomic E-state index is 12.2. The minimum atomic E-state index is -3.58. The number of aromatic nitrogens is 2. The molecule has 1 N–H and O–H groups in total. The van der Waals surface area contributed by atoms with E-state index in [1.165, 1.54) is 12.5 Å². The van der Waals surface area contributed by atoms with E-state index in [0.29, 0.717) is 0 Å². The summed E-state index contributed by atoms with van der Waals surface area (Å²) in [6.07, 6.45) is 7.12. The van der Waals surface area contributed by atoms with E-state index in [4.69, 9.17) is 4.42 Å². The molecule has 2 heterocycles. The largest absolute Gasteiger partial charge is 0.469 e. The lowest BCUT2D eigenvalue weighted by Gasteiger charge is -2.21. The van der Waals surface area contributed by atoms with E-state index in [0.717, 1.165) is 30.6 Å². The van der Waals surface area contributed by atoms with Gasteiger partial charge in [0.1, 0.15) is 5.76 Å². The molecule has 102 valence electrons. The van der Waals surface area contributed by atoms with Gasteiger partial charge in [0.15, 0.2) is 5.03 Å². The maximum atomic E-state index is 12.2. The summed E-state index contributed by atoms with van der Waals surface area (Å²) in [5, 5.41) is 0.0469. The average molecular weight is 281 g/mol. The lowest BCUT2D eigenvalue weighted by Crippen LogP contribution is -2.30. The second-order valence-corrected chi connectivity index (χ2v) is 6.40. The number of aryl methyl sites for hydroxylation is 2. The molecule has 0 saturated carbocycles. The number of rotatable bonds is 3. The Morgan fingerprint density at radius 3 is 3.11 bits per heavy atom. The number of hydrogen-bond acceptors (Lipinski definition) is 4. The van der Waals surface area contributed by atoms with Crippen molar-refractivity contribution in [3.8, 4) is 0 Å². The number of nitrogens with zero attached hydrogens (tertiary/aromatic N) is 2. The third-order valence-electron chi connectivity index (χ3n) is 3.31. The molecule has 3 rings (SSSR count). The summed E-state index contributed by atoms with van der Waals surface area (Å²) in [6, 6.07) is 1.61. The van der Waals surface area contributed by atoms with Crippen molar-refractivity contribution in [3.63, 3.8) is 0 Å². The summed E-state index contributed by atoms with van der Waals surface area (Å²) in [7, 11) is -1.85. The molecule has 1 unspecified atom stereocenters. The third-order valence-corrected chi connectivity index (χ3v) is 4.66. The molecule has 2 aromatic rings. The molecule has 0 bridgehead atoms. The van der Waals surface area contributed by atoms with E-state index in [2.05, 4.69) is 9.71 Å². The molecular formula is C12H15N3O3S. The molecule has 7 heteroatoms. The van der Waals surface area contributed by atoms with Crippen LogP contribution in [0.1, 0.15) is 30.2 Å². The smallest absolute Gasteiger partial charge is 0.260 e. The molecule has 6 nitrogen and oxygen atoms in total. The van der Waals surface area contributed by atoms with Crippen LogP contribution in [0.2, 0.25) is 0 Å². The summed E-state index contributed by atoms with van der Waals surface area (Å²) in [5.74, 6) is 0.875. The first-order valence-corrected chi connectivity index (χ1v) is 7.61. The highest BCUT2D eigenvalue weighted by molar-refractivity contribution is 7.89. The Morgan fingerprint density at radius 1 is 1.53 bits per heavy atom. The fourth-order valence-corrected chi connectivity index (χ4v) is 3.62. The minimum absolute atomic E-state index is 0.0469. The van der Waals surface area contributed by atoms with Crippen LogP contribution in [0.15, 0.2) is 34.3 Å². The predicted molar refractivity (Wildman–Crippen MR) is 67.9 cm³/mol. The second-order valence-electron chi connectivity index (χ2n) is 4.74. The molecule has 2 aromatic heterocycles. The van der Waals surface area contributed by atoms with E-state index in [1.54, 1.807) is 17.9 Å². The van der Waals surface area contributed by atoms with Crippen LogP contribution in [-0.2, 0) is 23.5 Å². The normalized spacial score (nSPS) is 19.3. The van der Waals surface area contributed by atoms with Crippen molar-refractivity contribution in [1.29, 1.82) is 0 Å². The topological polar surface area (TPSA) is 77.1 Å². The first-order chi connectivity index (χ1) is 9.06.